The molecule has 28 heavy (non-hydrogen) atoms. The molecule has 0 saturated heterocycles. The van der Waals surface area contributed by atoms with E-state index in [0.717, 1.165) is 11.3 Å². The Hall–Kier alpha value is -2.87. The number of nitrogens with zero attached hydrogens (tertiary/aromatic N) is 1. The molecule has 0 saturated carbocycles. The first-order valence-electron chi connectivity index (χ1n) is 8.86. The number of carbonyl (C=O) groups excluding carboxylic acids is 3. The number of amides is 2. The van der Waals surface area contributed by atoms with Crippen LogP contribution in [0.2, 0.25) is 0 Å². The summed E-state index contributed by atoms with van der Waals surface area (Å²) in [5.41, 5.74) is 1.07. The van der Waals surface area contributed by atoms with Crippen molar-refractivity contribution in [3.05, 3.63) is 45.8 Å². The van der Waals surface area contributed by atoms with E-state index in [4.69, 9.17) is 9.47 Å². The monoisotopic (exact) mass is 404 g/mol. The Kier molecular flexibility index (Phi) is 7.17. The number of hydrogen-bond acceptors (Lipinski definition) is 6. The van der Waals surface area contributed by atoms with Gasteiger partial charge >= 0.3 is 5.97 Å². The number of ether oxygens (including phenoxy) is 2. The number of benzene rings is 1. The molecule has 1 aromatic carbocycles. The van der Waals surface area contributed by atoms with Gasteiger partial charge in [0.15, 0.2) is 0 Å². The highest BCUT2D eigenvalue weighted by atomic mass is 32.1. The third-order valence-corrected chi connectivity index (χ3v) is 5.06. The van der Waals surface area contributed by atoms with Gasteiger partial charge in [-0.05, 0) is 44.5 Å². The van der Waals surface area contributed by atoms with Gasteiger partial charge in [0.2, 0.25) is 0 Å². The molecule has 8 heteroatoms. The number of thiophene rings is 1. The SMILES string of the molecule is CCOC(=O)c1c(NC(=O)c2cccc(OCC)c2)sc(C(=O)N(C)C)c1C. The maximum Gasteiger partial charge on any atom is 0.341 e. The second-order valence-electron chi connectivity index (χ2n) is 6.10. The largest absolute Gasteiger partial charge is 0.494 e. The third kappa shape index (κ3) is 4.69. The van der Waals surface area contributed by atoms with E-state index in [1.54, 1.807) is 52.2 Å². The summed E-state index contributed by atoms with van der Waals surface area (Å²) >= 11 is 1.06. The van der Waals surface area contributed by atoms with Crippen LogP contribution < -0.4 is 10.1 Å². The highest BCUT2D eigenvalue weighted by Gasteiger charge is 2.27. The van der Waals surface area contributed by atoms with Gasteiger partial charge in [0.1, 0.15) is 10.8 Å². The summed E-state index contributed by atoms with van der Waals surface area (Å²) < 4.78 is 10.5. The normalized spacial score (nSPS) is 10.3. The number of carbonyl (C=O) groups is 3. The summed E-state index contributed by atoms with van der Waals surface area (Å²) in [7, 11) is 3.26. The average Bonchev–Trinajstić information content (AvgIpc) is 2.97. The Bertz CT molecular complexity index is 889. The van der Waals surface area contributed by atoms with Crippen LogP contribution in [0.3, 0.4) is 0 Å². The van der Waals surface area contributed by atoms with Gasteiger partial charge in [0.05, 0.1) is 23.7 Å². The molecule has 1 aromatic heterocycles. The Labute approximate surface area is 168 Å². The maximum atomic E-state index is 12.7. The van der Waals surface area contributed by atoms with Crippen LogP contribution in [0.5, 0.6) is 5.75 Å². The molecule has 1 heterocycles. The van der Waals surface area contributed by atoms with Crippen molar-refractivity contribution in [3.8, 4) is 5.75 Å². The lowest BCUT2D eigenvalue weighted by Crippen LogP contribution is -2.21. The number of rotatable bonds is 7. The lowest BCUT2D eigenvalue weighted by atomic mass is 10.1. The van der Waals surface area contributed by atoms with E-state index in [-0.39, 0.29) is 23.1 Å². The minimum Gasteiger partial charge on any atom is -0.494 e. The first kappa shape index (κ1) is 21.4. The van der Waals surface area contributed by atoms with Gasteiger partial charge in [0, 0.05) is 19.7 Å². The molecule has 1 N–H and O–H groups in total. The molecule has 0 fully saturated rings. The molecule has 2 amide bonds. The lowest BCUT2D eigenvalue weighted by Gasteiger charge is -2.09. The van der Waals surface area contributed by atoms with E-state index in [0.29, 0.717) is 28.4 Å². The molecule has 0 aliphatic heterocycles. The van der Waals surface area contributed by atoms with E-state index in [1.165, 1.54) is 4.90 Å². The Morgan fingerprint density at radius 1 is 1.14 bits per heavy atom. The lowest BCUT2D eigenvalue weighted by molar-refractivity contribution is 0.0527. The minimum atomic E-state index is -0.576. The number of hydrogen-bond donors (Lipinski definition) is 1. The molecule has 2 aromatic rings. The predicted octanol–water partition coefficient (Wildman–Crippen LogP) is 3.59. The van der Waals surface area contributed by atoms with Gasteiger partial charge in [0.25, 0.3) is 11.8 Å². The second-order valence-corrected chi connectivity index (χ2v) is 7.12. The molecule has 0 bridgehead atoms. The van der Waals surface area contributed by atoms with Crippen LogP contribution in [0.25, 0.3) is 0 Å². The molecule has 0 spiro atoms. The van der Waals surface area contributed by atoms with Gasteiger partial charge in [-0.2, -0.15) is 0 Å². The molecular weight excluding hydrogens is 380 g/mol. The minimum absolute atomic E-state index is 0.189. The molecular formula is C20H24N2O5S. The van der Waals surface area contributed by atoms with E-state index >= 15 is 0 Å². The van der Waals surface area contributed by atoms with Gasteiger partial charge in [-0.1, -0.05) is 6.07 Å². The molecule has 0 aliphatic rings. The molecule has 7 nitrogen and oxygen atoms in total. The summed E-state index contributed by atoms with van der Waals surface area (Å²) in [4.78, 5) is 39.4. The first-order valence-corrected chi connectivity index (χ1v) is 9.68. The Balaban J connectivity index is 2.41. The Morgan fingerprint density at radius 2 is 1.86 bits per heavy atom. The molecule has 0 radical (unpaired) electrons. The topological polar surface area (TPSA) is 84.9 Å². The fourth-order valence-electron chi connectivity index (χ4n) is 2.53. The fraction of sp³-hybridized carbons (Fsp3) is 0.350. The van der Waals surface area contributed by atoms with Crippen LogP contribution in [0.15, 0.2) is 24.3 Å². The zero-order valence-corrected chi connectivity index (χ0v) is 17.4. The zero-order chi connectivity index (χ0) is 20.8. The standard InChI is InChI=1S/C20H24N2O5S/c1-6-26-14-10-8-9-13(11-14)17(23)21-18-15(20(25)27-7-2)12(3)16(28-18)19(24)22(4)5/h8-11H,6-7H2,1-5H3,(H,21,23). The van der Waals surface area contributed by atoms with Crippen molar-refractivity contribution < 1.29 is 23.9 Å². The summed E-state index contributed by atoms with van der Waals surface area (Å²) in [5, 5.41) is 3.03. The fourth-order valence-corrected chi connectivity index (χ4v) is 3.74. The van der Waals surface area contributed by atoms with E-state index in [9.17, 15) is 14.4 Å². The summed E-state index contributed by atoms with van der Waals surface area (Å²) in [6, 6.07) is 6.74. The third-order valence-electron chi connectivity index (χ3n) is 3.86. The van der Waals surface area contributed by atoms with E-state index < -0.39 is 11.9 Å². The van der Waals surface area contributed by atoms with Crippen LogP contribution in [0.4, 0.5) is 5.00 Å². The predicted molar refractivity (Wildman–Crippen MR) is 109 cm³/mol. The smallest absolute Gasteiger partial charge is 0.341 e. The zero-order valence-electron chi connectivity index (χ0n) is 16.6. The molecule has 0 aliphatic carbocycles. The van der Waals surface area contributed by atoms with Crippen LogP contribution in [0.1, 0.15) is 49.8 Å². The summed E-state index contributed by atoms with van der Waals surface area (Å²) in [6.45, 7) is 5.90. The maximum absolute atomic E-state index is 12.7. The molecule has 0 unspecified atom stereocenters. The van der Waals surface area contributed by atoms with Crippen LogP contribution in [-0.2, 0) is 4.74 Å². The second kappa shape index (κ2) is 9.36. The summed E-state index contributed by atoms with van der Waals surface area (Å²) in [6.07, 6.45) is 0. The van der Waals surface area contributed by atoms with Crippen molar-refractivity contribution in [1.82, 2.24) is 4.90 Å². The van der Waals surface area contributed by atoms with Crippen molar-refractivity contribution in [2.75, 3.05) is 32.6 Å². The van der Waals surface area contributed by atoms with E-state index in [2.05, 4.69) is 5.32 Å². The number of nitrogens with one attached hydrogen (secondary N) is 1. The molecule has 0 atom stereocenters. The van der Waals surface area contributed by atoms with Gasteiger partial charge in [-0.15, -0.1) is 11.3 Å². The Morgan fingerprint density at radius 3 is 2.46 bits per heavy atom. The van der Waals surface area contributed by atoms with Crippen LogP contribution in [-0.4, -0.2) is 50.0 Å². The van der Waals surface area contributed by atoms with Crippen LogP contribution >= 0.6 is 11.3 Å². The molecule has 2 rings (SSSR count). The van der Waals surface area contributed by atoms with Gasteiger partial charge in [-0.25, -0.2) is 4.79 Å². The summed E-state index contributed by atoms with van der Waals surface area (Å²) in [5.74, 6) is -0.650. The van der Waals surface area contributed by atoms with Crippen molar-refractivity contribution in [3.63, 3.8) is 0 Å². The quantitative estimate of drug-likeness (QED) is 0.713. The van der Waals surface area contributed by atoms with Crippen molar-refractivity contribution in [1.29, 1.82) is 0 Å². The van der Waals surface area contributed by atoms with Crippen LogP contribution in [0, 0.1) is 6.92 Å². The van der Waals surface area contributed by atoms with Gasteiger partial charge < -0.3 is 19.7 Å². The number of esters is 1. The highest BCUT2D eigenvalue weighted by molar-refractivity contribution is 7.18. The van der Waals surface area contributed by atoms with Gasteiger partial charge in [-0.3, -0.25) is 9.59 Å². The first-order chi connectivity index (χ1) is 13.3. The molecule has 150 valence electrons. The average molecular weight is 404 g/mol. The van der Waals surface area contributed by atoms with Crippen molar-refractivity contribution >= 4 is 34.1 Å². The number of anilines is 1. The van der Waals surface area contributed by atoms with Crippen molar-refractivity contribution in [2.24, 2.45) is 0 Å². The van der Waals surface area contributed by atoms with Crippen molar-refractivity contribution in [2.45, 2.75) is 20.8 Å². The van der Waals surface area contributed by atoms with E-state index in [1.807, 2.05) is 6.92 Å². The highest BCUT2D eigenvalue weighted by Crippen LogP contribution is 2.34.